The summed E-state index contributed by atoms with van der Waals surface area (Å²) >= 11 is 0. The molecule has 3 heterocycles. The fourth-order valence-corrected chi connectivity index (χ4v) is 4.12. The molecule has 1 aromatic heterocycles. The van der Waals surface area contributed by atoms with Gasteiger partial charge in [-0.25, -0.2) is 0 Å². The smallest absolute Gasteiger partial charge is 0.260 e. The van der Waals surface area contributed by atoms with Crippen LogP contribution < -0.4 is 4.74 Å². The summed E-state index contributed by atoms with van der Waals surface area (Å²) in [7, 11) is 0. The number of nitrogens with zero attached hydrogens (tertiary/aromatic N) is 5. The van der Waals surface area contributed by atoms with Gasteiger partial charge in [-0.3, -0.25) is 9.59 Å². The summed E-state index contributed by atoms with van der Waals surface area (Å²) in [5, 5.41) is 8.84. The van der Waals surface area contributed by atoms with E-state index >= 15 is 0 Å². The average molecular weight is 397 g/mol. The van der Waals surface area contributed by atoms with Crippen LogP contribution in [0.4, 0.5) is 0 Å². The molecule has 1 atom stereocenters. The van der Waals surface area contributed by atoms with Crippen molar-refractivity contribution in [3.63, 3.8) is 0 Å². The van der Waals surface area contributed by atoms with Gasteiger partial charge in [-0.05, 0) is 25.0 Å². The van der Waals surface area contributed by atoms with Crippen LogP contribution in [-0.4, -0.2) is 69.2 Å². The maximum Gasteiger partial charge on any atom is 0.260 e. The van der Waals surface area contributed by atoms with Gasteiger partial charge in [0.1, 0.15) is 17.4 Å². The third-order valence-corrected chi connectivity index (χ3v) is 5.74. The molecule has 2 aromatic rings. The van der Waals surface area contributed by atoms with Gasteiger partial charge in [0.25, 0.3) is 5.91 Å². The zero-order valence-electron chi connectivity index (χ0n) is 16.8. The van der Waals surface area contributed by atoms with E-state index in [9.17, 15) is 9.59 Å². The van der Waals surface area contributed by atoms with Crippen molar-refractivity contribution in [1.29, 1.82) is 0 Å². The van der Waals surface area contributed by atoms with Gasteiger partial charge in [-0.2, -0.15) is 0 Å². The lowest BCUT2D eigenvalue weighted by Crippen LogP contribution is -2.39. The minimum Gasteiger partial charge on any atom is -0.484 e. The van der Waals surface area contributed by atoms with Crippen LogP contribution in [-0.2, 0) is 22.6 Å². The fraction of sp³-hybridized carbons (Fsp3) is 0.524. The number of para-hydroxylation sites is 1. The first-order valence-corrected chi connectivity index (χ1v) is 10.2. The van der Waals surface area contributed by atoms with E-state index in [0.29, 0.717) is 38.3 Å². The molecule has 1 saturated heterocycles. The van der Waals surface area contributed by atoms with Gasteiger partial charge in [0.05, 0.1) is 0 Å². The Morgan fingerprint density at radius 3 is 2.69 bits per heavy atom. The van der Waals surface area contributed by atoms with Crippen molar-refractivity contribution in [2.24, 2.45) is 0 Å². The second kappa shape index (κ2) is 8.63. The maximum atomic E-state index is 12.6. The summed E-state index contributed by atoms with van der Waals surface area (Å²) in [4.78, 5) is 28.1. The minimum atomic E-state index is -0.0189. The average Bonchev–Trinajstić information content (AvgIpc) is 3.04. The molecule has 0 aliphatic carbocycles. The number of amides is 2. The Bertz CT molecular complexity index is 866. The first kappa shape index (κ1) is 19.4. The maximum absolute atomic E-state index is 12.6. The SMILES string of the molecule is CC(=O)N1CCCC(c2nnc3n2CCN(C(=O)COc2ccccc2)CC3)C1. The van der Waals surface area contributed by atoms with Crippen LogP contribution in [0.25, 0.3) is 0 Å². The van der Waals surface area contributed by atoms with E-state index in [1.54, 1.807) is 6.92 Å². The highest BCUT2D eigenvalue weighted by Gasteiger charge is 2.29. The zero-order chi connectivity index (χ0) is 20.2. The molecule has 2 aliphatic rings. The molecule has 1 aromatic carbocycles. The predicted octanol–water partition coefficient (Wildman–Crippen LogP) is 1.47. The fourth-order valence-electron chi connectivity index (χ4n) is 4.12. The summed E-state index contributed by atoms with van der Waals surface area (Å²) < 4.78 is 7.76. The lowest BCUT2D eigenvalue weighted by atomic mass is 9.97. The lowest BCUT2D eigenvalue weighted by molar-refractivity contribution is -0.133. The highest BCUT2D eigenvalue weighted by molar-refractivity contribution is 5.77. The van der Waals surface area contributed by atoms with Crippen molar-refractivity contribution in [3.05, 3.63) is 42.0 Å². The van der Waals surface area contributed by atoms with E-state index in [-0.39, 0.29) is 24.3 Å². The van der Waals surface area contributed by atoms with Crippen LogP contribution in [0.1, 0.15) is 37.3 Å². The Morgan fingerprint density at radius 1 is 1.07 bits per heavy atom. The van der Waals surface area contributed by atoms with E-state index in [1.165, 1.54) is 0 Å². The zero-order valence-corrected chi connectivity index (χ0v) is 16.8. The first-order chi connectivity index (χ1) is 14.1. The number of ether oxygens (including phenoxy) is 1. The van der Waals surface area contributed by atoms with E-state index < -0.39 is 0 Å². The summed E-state index contributed by atoms with van der Waals surface area (Å²) in [5.74, 6) is 2.86. The monoisotopic (exact) mass is 397 g/mol. The van der Waals surface area contributed by atoms with E-state index in [2.05, 4.69) is 14.8 Å². The van der Waals surface area contributed by atoms with Gasteiger partial charge in [0.2, 0.25) is 5.91 Å². The summed E-state index contributed by atoms with van der Waals surface area (Å²) in [6, 6.07) is 9.38. The number of carbonyl (C=O) groups is 2. The van der Waals surface area contributed by atoms with Crippen molar-refractivity contribution in [3.8, 4) is 5.75 Å². The normalized spacial score (nSPS) is 19.4. The third-order valence-electron chi connectivity index (χ3n) is 5.74. The number of hydrogen-bond donors (Lipinski definition) is 0. The molecule has 0 saturated carbocycles. The third kappa shape index (κ3) is 4.41. The second-order valence-corrected chi connectivity index (χ2v) is 7.66. The number of benzene rings is 1. The van der Waals surface area contributed by atoms with Gasteiger partial charge >= 0.3 is 0 Å². The molecular weight excluding hydrogens is 370 g/mol. The van der Waals surface area contributed by atoms with Crippen molar-refractivity contribution < 1.29 is 14.3 Å². The van der Waals surface area contributed by atoms with Gasteiger partial charge in [0.15, 0.2) is 6.61 Å². The topological polar surface area (TPSA) is 80.6 Å². The Balaban J connectivity index is 1.38. The second-order valence-electron chi connectivity index (χ2n) is 7.66. The van der Waals surface area contributed by atoms with Crippen molar-refractivity contribution in [2.75, 3.05) is 32.8 Å². The molecule has 1 unspecified atom stereocenters. The number of hydrogen-bond acceptors (Lipinski definition) is 5. The Kier molecular flexibility index (Phi) is 5.78. The molecule has 4 rings (SSSR count). The van der Waals surface area contributed by atoms with Crippen LogP contribution in [0, 0.1) is 0 Å². The van der Waals surface area contributed by atoms with Gasteiger partial charge < -0.3 is 19.1 Å². The van der Waals surface area contributed by atoms with E-state index in [1.807, 2.05) is 40.1 Å². The van der Waals surface area contributed by atoms with Crippen molar-refractivity contribution >= 4 is 11.8 Å². The molecule has 2 aliphatic heterocycles. The molecule has 1 fully saturated rings. The molecule has 0 radical (unpaired) electrons. The molecule has 2 amide bonds. The molecule has 8 nitrogen and oxygen atoms in total. The molecule has 29 heavy (non-hydrogen) atoms. The van der Waals surface area contributed by atoms with Crippen LogP contribution in [0.15, 0.2) is 30.3 Å². The quantitative estimate of drug-likeness (QED) is 0.780. The van der Waals surface area contributed by atoms with Crippen LogP contribution in [0.5, 0.6) is 5.75 Å². The largest absolute Gasteiger partial charge is 0.484 e. The highest BCUT2D eigenvalue weighted by atomic mass is 16.5. The Morgan fingerprint density at radius 2 is 1.90 bits per heavy atom. The first-order valence-electron chi connectivity index (χ1n) is 10.2. The number of aromatic nitrogens is 3. The summed E-state index contributed by atoms with van der Waals surface area (Å²) in [5.41, 5.74) is 0. The van der Waals surface area contributed by atoms with Gasteiger partial charge in [-0.1, -0.05) is 18.2 Å². The summed E-state index contributed by atoms with van der Waals surface area (Å²) in [6.07, 6.45) is 2.66. The minimum absolute atomic E-state index is 0.0189. The molecule has 8 heteroatoms. The number of likely N-dealkylation sites (tertiary alicyclic amines) is 1. The molecule has 154 valence electrons. The van der Waals surface area contributed by atoms with Crippen LogP contribution in [0.3, 0.4) is 0 Å². The van der Waals surface area contributed by atoms with Gasteiger partial charge in [0, 0.05) is 52.0 Å². The molecule has 0 N–H and O–H groups in total. The Hall–Kier alpha value is -2.90. The summed E-state index contributed by atoms with van der Waals surface area (Å²) in [6.45, 7) is 5.06. The van der Waals surface area contributed by atoms with Crippen molar-refractivity contribution in [2.45, 2.75) is 38.6 Å². The van der Waals surface area contributed by atoms with Crippen LogP contribution in [0.2, 0.25) is 0 Å². The Labute approximate surface area is 170 Å². The standard InChI is InChI=1S/C21H27N5O3/c1-16(27)25-10-5-6-17(14-25)21-23-22-19-9-11-24(12-13-26(19)21)20(28)15-29-18-7-3-2-4-8-18/h2-4,7-8,17H,5-6,9-15H2,1H3. The van der Waals surface area contributed by atoms with E-state index in [4.69, 9.17) is 4.74 Å². The number of fused-ring (bicyclic) bond motifs is 1. The number of carbonyl (C=O) groups excluding carboxylic acids is 2. The van der Waals surface area contributed by atoms with E-state index in [0.717, 1.165) is 31.0 Å². The predicted molar refractivity (Wildman–Crippen MR) is 106 cm³/mol. The molecule has 0 bridgehead atoms. The van der Waals surface area contributed by atoms with Gasteiger partial charge in [-0.15, -0.1) is 10.2 Å². The van der Waals surface area contributed by atoms with Crippen molar-refractivity contribution in [1.82, 2.24) is 24.6 Å². The lowest BCUT2D eigenvalue weighted by Gasteiger charge is -2.31. The highest BCUT2D eigenvalue weighted by Crippen LogP contribution is 2.27. The number of piperidine rings is 1. The molecular formula is C21H27N5O3. The molecule has 0 spiro atoms. The number of rotatable bonds is 4. The van der Waals surface area contributed by atoms with Crippen LogP contribution >= 0.6 is 0 Å².